The van der Waals surface area contributed by atoms with Crippen molar-refractivity contribution in [2.45, 2.75) is 10.8 Å². The molecule has 0 saturated heterocycles. The number of aliphatic carboxylic acids is 1. The van der Waals surface area contributed by atoms with Gasteiger partial charge in [-0.3, -0.25) is 0 Å². The molecule has 0 atom stereocenters. The minimum atomic E-state index is -1.06. The Morgan fingerprint density at radius 3 is 2.81 bits per heavy atom. The molecule has 0 radical (unpaired) electrons. The molecule has 6 heteroatoms. The zero-order valence-electron chi connectivity index (χ0n) is 10.8. The SMILES string of the molecule is O=C(O)C=Cc1ccc(CSc2ccc(Br)cn2)c(F)c1. The summed E-state index contributed by atoms with van der Waals surface area (Å²) in [5, 5.41) is 9.35. The lowest BCUT2D eigenvalue weighted by molar-refractivity contribution is -0.131. The van der Waals surface area contributed by atoms with E-state index in [0.717, 1.165) is 15.6 Å². The Hall–Kier alpha value is -1.66. The van der Waals surface area contributed by atoms with Crippen molar-refractivity contribution < 1.29 is 14.3 Å². The van der Waals surface area contributed by atoms with E-state index in [1.54, 1.807) is 18.3 Å². The first-order valence-corrected chi connectivity index (χ1v) is 7.76. The molecule has 21 heavy (non-hydrogen) atoms. The van der Waals surface area contributed by atoms with Gasteiger partial charge in [-0.25, -0.2) is 14.2 Å². The van der Waals surface area contributed by atoms with Crippen LogP contribution in [0, 0.1) is 5.82 Å². The summed E-state index contributed by atoms with van der Waals surface area (Å²) in [5.74, 6) is -0.952. The summed E-state index contributed by atoms with van der Waals surface area (Å²) in [7, 11) is 0. The molecule has 0 aliphatic heterocycles. The van der Waals surface area contributed by atoms with Gasteiger partial charge < -0.3 is 5.11 Å². The highest BCUT2D eigenvalue weighted by Crippen LogP contribution is 2.24. The molecule has 2 rings (SSSR count). The first-order valence-electron chi connectivity index (χ1n) is 5.98. The number of carboxylic acids is 1. The minimum Gasteiger partial charge on any atom is -0.478 e. The van der Waals surface area contributed by atoms with Crippen LogP contribution in [0.2, 0.25) is 0 Å². The maximum Gasteiger partial charge on any atom is 0.328 e. The van der Waals surface area contributed by atoms with E-state index >= 15 is 0 Å². The van der Waals surface area contributed by atoms with Crippen molar-refractivity contribution in [1.29, 1.82) is 0 Å². The average molecular weight is 368 g/mol. The maximum absolute atomic E-state index is 13.9. The molecule has 1 aromatic heterocycles. The van der Waals surface area contributed by atoms with Gasteiger partial charge in [0.2, 0.25) is 0 Å². The molecule has 0 aliphatic carbocycles. The van der Waals surface area contributed by atoms with Gasteiger partial charge in [-0.15, -0.1) is 11.8 Å². The molecule has 0 unspecified atom stereocenters. The second-order valence-corrected chi connectivity index (χ2v) is 6.04. The second-order valence-electron chi connectivity index (χ2n) is 4.13. The van der Waals surface area contributed by atoms with Gasteiger partial charge in [-0.1, -0.05) is 12.1 Å². The van der Waals surface area contributed by atoms with Crippen LogP contribution in [0.15, 0.2) is 52.1 Å². The van der Waals surface area contributed by atoms with E-state index in [4.69, 9.17) is 5.11 Å². The maximum atomic E-state index is 13.9. The van der Waals surface area contributed by atoms with Gasteiger partial charge >= 0.3 is 5.97 Å². The first kappa shape index (κ1) is 15.7. The predicted molar refractivity (Wildman–Crippen MR) is 84.6 cm³/mol. The highest BCUT2D eigenvalue weighted by Gasteiger charge is 2.04. The number of thioether (sulfide) groups is 1. The number of benzene rings is 1. The molecule has 1 N–H and O–H groups in total. The van der Waals surface area contributed by atoms with E-state index in [1.165, 1.54) is 23.9 Å². The third-order valence-electron chi connectivity index (χ3n) is 2.57. The monoisotopic (exact) mass is 367 g/mol. The summed E-state index contributed by atoms with van der Waals surface area (Å²) in [6, 6.07) is 8.41. The molecular formula is C15H11BrFNO2S. The number of aromatic nitrogens is 1. The molecule has 1 heterocycles. The molecule has 0 aliphatic rings. The quantitative estimate of drug-likeness (QED) is 0.629. The smallest absolute Gasteiger partial charge is 0.328 e. The lowest BCUT2D eigenvalue weighted by Gasteiger charge is -2.04. The van der Waals surface area contributed by atoms with Gasteiger partial charge in [0.1, 0.15) is 5.82 Å². The van der Waals surface area contributed by atoms with Gasteiger partial charge in [-0.05, 0) is 51.3 Å². The number of nitrogens with zero attached hydrogens (tertiary/aromatic N) is 1. The van der Waals surface area contributed by atoms with Gasteiger partial charge in [0, 0.05) is 22.5 Å². The largest absolute Gasteiger partial charge is 0.478 e. The third-order valence-corrected chi connectivity index (χ3v) is 4.03. The molecule has 0 saturated carbocycles. The van der Waals surface area contributed by atoms with E-state index in [2.05, 4.69) is 20.9 Å². The summed E-state index contributed by atoms with van der Waals surface area (Å²) in [6.07, 6.45) is 4.03. The van der Waals surface area contributed by atoms with Crippen LogP contribution in [0.1, 0.15) is 11.1 Å². The van der Waals surface area contributed by atoms with Crippen LogP contribution in [-0.4, -0.2) is 16.1 Å². The molecule has 0 spiro atoms. The number of rotatable bonds is 5. The molecule has 2 aromatic rings. The van der Waals surface area contributed by atoms with E-state index in [-0.39, 0.29) is 5.82 Å². The fourth-order valence-corrected chi connectivity index (χ4v) is 2.61. The Morgan fingerprint density at radius 2 is 2.19 bits per heavy atom. The van der Waals surface area contributed by atoms with E-state index in [1.807, 2.05) is 12.1 Å². The highest BCUT2D eigenvalue weighted by atomic mass is 79.9. The van der Waals surface area contributed by atoms with Crippen LogP contribution in [0.5, 0.6) is 0 Å². The number of pyridine rings is 1. The van der Waals surface area contributed by atoms with Crippen LogP contribution in [0.3, 0.4) is 0 Å². The number of hydrogen-bond donors (Lipinski definition) is 1. The molecule has 0 fully saturated rings. The van der Waals surface area contributed by atoms with Gasteiger partial charge in [0.05, 0.1) is 5.03 Å². The summed E-state index contributed by atoms with van der Waals surface area (Å²) < 4.78 is 14.8. The summed E-state index contributed by atoms with van der Waals surface area (Å²) >= 11 is 4.74. The summed E-state index contributed by atoms with van der Waals surface area (Å²) in [6.45, 7) is 0. The third kappa shape index (κ3) is 4.99. The average Bonchev–Trinajstić information content (AvgIpc) is 2.46. The Labute approximate surface area is 134 Å². The first-order chi connectivity index (χ1) is 10.0. The van der Waals surface area contributed by atoms with Crippen LogP contribution in [0.4, 0.5) is 4.39 Å². The number of carbonyl (C=O) groups is 1. The van der Waals surface area contributed by atoms with E-state index in [9.17, 15) is 9.18 Å². The molecule has 0 bridgehead atoms. The fourth-order valence-electron chi connectivity index (χ4n) is 1.55. The van der Waals surface area contributed by atoms with Crippen LogP contribution in [-0.2, 0) is 10.5 Å². The van der Waals surface area contributed by atoms with Crippen molar-refractivity contribution >= 4 is 39.7 Å². The molecule has 0 amide bonds. The second kappa shape index (κ2) is 7.38. The zero-order valence-corrected chi connectivity index (χ0v) is 13.2. The lowest BCUT2D eigenvalue weighted by Crippen LogP contribution is -1.90. The standard InChI is InChI=1S/C15H11BrFNO2S/c16-12-4-5-14(18-8-12)21-9-11-3-1-10(7-13(11)17)2-6-15(19)20/h1-8H,9H2,(H,19,20). The predicted octanol–water partition coefficient (Wildman–Crippen LogP) is 4.37. The molecule has 3 nitrogen and oxygen atoms in total. The number of hydrogen-bond acceptors (Lipinski definition) is 3. The fraction of sp³-hybridized carbons (Fsp3) is 0.0667. The Balaban J connectivity index is 2.04. The minimum absolute atomic E-state index is 0.354. The van der Waals surface area contributed by atoms with Gasteiger partial charge in [0.15, 0.2) is 0 Å². The van der Waals surface area contributed by atoms with E-state index in [0.29, 0.717) is 16.9 Å². The molecule has 1 aromatic carbocycles. The Bertz CT molecular complexity index is 674. The van der Waals surface area contributed by atoms with Crippen molar-refractivity contribution in [3.63, 3.8) is 0 Å². The topological polar surface area (TPSA) is 50.2 Å². The van der Waals surface area contributed by atoms with Gasteiger partial charge in [0.25, 0.3) is 0 Å². The normalized spacial score (nSPS) is 11.0. The summed E-state index contributed by atoms with van der Waals surface area (Å²) in [5.41, 5.74) is 1.07. The van der Waals surface area contributed by atoms with Gasteiger partial charge in [-0.2, -0.15) is 0 Å². The van der Waals surface area contributed by atoms with Crippen LogP contribution < -0.4 is 0 Å². The number of carboxylic acid groups (broad SMARTS) is 1. The van der Waals surface area contributed by atoms with Crippen molar-refractivity contribution in [1.82, 2.24) is 4.98 Å². The van der Waals surface area contributed by atoms with Crippen molar-refractivity contribution in [3.05, 3.63) is 64.0 Å². The zero-order chi connectivity index (χ0) is 15.2. The molecule has 108 valence electrons. The Morgan fingerprint density at radius 1 is 1.38 bits per heavy atom. The Kier molecular flexibility index (Phi) is 5.52. The highest BCUT2D eigenvalue weighted by molar-refractivity contribution is 9.10. The van der Waals surface area contributed by atoms with Crippen LogP contribution >= 0.6 is 27.7 Å². The van der Waals surface area contributed by atoms with Crippen molar-refractivity contribution in [2.24, 2.45) is 0 Å². The van der Waals surface area contributed by atoms with Crippen molar-refractivity contribution in [3.8, 4) is 0 Å². The lowest BCUT2D eigenvalue weighted by atomic mass is 10.1. The number of halogens is 2. The molecular weight excluding hydrogens is 357 g/mol. The van der Waals surface area contributed by atoms with Crippen LogP contribution in [0.25, 0.3) is 6.08 Å². The summed E-state index contributed by atoms with van der Waals surface area (Å²) in [4.78, 5) is 14.6. The van der Waals surface area contributed by atoms with E-state index < -0.39 is 5.97 Å². The van der Waals surface area contributed by atoms with Crippen molar-refractivity contribution in [2.75, 3.05) is 0 Å².